The number of carbonyl (C=O) groups excluding carboxylic acids is 2. The molecule has 1 N–H and O–H groups in total. The fourth-order valence-electron chi connectivity index (χ4n) is 2.71. The summed E-state index contributed by atoms with van der Waals surface area (Å²) < 4.78 is 0. The van der Waals surface area contributed by atoms with Gasteiger partial charge in [-0.3, -0.25) is 14.6 Å². The number of amides is 2. The van der Waals surface area contributed by atoms with E-state index in [4.69, 9.17) is 0 Å². The van der Waals surface area contributed by atoms with Gasteiger partial charge in [-0.05, 0) is 25.0 Å². The summed E-state index contributed by atoms with van der Waals surface area (Å²) in [7, 11) is 0. The van der Waals surface area contributed by atoms with Gasteiger partial charge in [0.2, 0.25) is 11.8 Å². The standard InChI is InChI=1S/C15H16N4O2/c1-10(20)19-9-3-5-12(19)15(21)18-14-13-11(6-8-17-14)4-2-7-16-13/h2,4,6-8,12H,3,5,9H2,1H3,(H,17,18,21)/t12-/m0/s1. The summed E-state index contributed by atoms with van der Waals surface area (Å²) in [6, 6.07) is 5.18. The number of rotatable bonds is 2. The lowest BCUT2D eigenvalue weighted by Crippen LogP contribution is -2.42. The minimum absolute atomic E-state index is 0.0725. The molecule has 1 atom stereocenters. The van der Waals surface area contributed by atoms with Crippen LogP contribution in [-0.2, 0) is 9.59 Å². The third-order valence-corrected chi connectivity index (χ3v) is 3.72. The van der Waals surface area contributed by atoms with Gasteiger partial charge in [0.1, 0.15) is 11.6 Å². The van der Waals surface area contributed by atoms with Gasteiger partial charge in [0.25, 0.3) is 0 Å². The topological polar surface area (TPSA) is 75.2 Å². The third-order valence-electron chi connectivity index (χ3n) is 3.72. The number of fused-ring (bicyclic) bond motifs is 1. The molecular weight excluding hydrogens is 268 g/mol. The quantitative estimate of drug-likeness (QED) is 0.908. The van der Waals surface area contributed by atoms with Gasteiger partial charge in [0, 0.05) is 31.2 Å². The van der Waals surface area contributed by atoms with E-state index in [2.05, 4.69) is 15.3 Å². The molecule has 1 fully saturated rings. The summed E-state index contributed by atoms with van der Waals surface area (Å²) in [6.07, 6.45) is 4.83. The van der Waals surface area contributed by atoms with Gasteiger partial charge in [0.05, 0.1) is 0 Å². The van der Waals surface area contributed by atoms with E-state index in [1.165, 1.54) is 6.92 Å². The average Bonchev–Trinajstić information content (AvgIpc) is 2.97. The zero-order chi connectivity index (χ0) is 14.8. The first-order valence-electron chi connectivity index (χ1n) is 6.94. The summed E-state index contributed by atoms with van der Waals surface area (Å²) in [6.45, 7) is 2.12. The van der Waals surface area contributed by atoms with Crippen molar-refractivity contribution in [2.75, 3.05) is 11.9 Å². The Morgan fingerprint density at radius 2 is 2.14 bits per heavy atom. The van der Waals surface area contributed by atoms with Crippen LogP contribution < -0.4 is 5.32 Å². The Labute approximate surface area is 122 Å². The number of nitrogens with one attached hydrogen (secondary N) is 1. The zero-order valence-corrected chi connectivity index (χ0v) is 11.7. The molecule has 0 aliphatic carbocycles. The predicted octanol–water partition coefficient (Wildman–Crippen LogP) is 1.58. The maximum absolute atomic E-state index is 12.4. The largest absolute Gasteiger partial charge is 0.331 e. The van der Waals surface area contributed by atoms with Crippen LogP contribution in [0, 0.1) is 0 Å². The molecule has 21 heavy (non-hydrogen) atoms. The maximum Gasteiger partial charge on any atom is 0.248 e. The Kier molecular flexibility index (Phi) is 3.51. The van der Waals surface area contributed by atoms with E-state index in [0.717, 1.165) is 11.8 Å². The van der Waals surface area contributed by atoms with Crippen molar-refractivity contribution < 1.29 is 9.59 Å². The molecule has 3 heterocycles. The van der Waals surface area contributed by atoms with E-state index in [-0.39, 0.29) is 11.8 Å². The summed E-state index contributed by atoms with van der Waals surface area (Å²) in [5.74, 6) is 0.165. The Balaban J connectivity index is 1.85. The Bertz CT molecular complexity index is 696. The van der Waals surface area contributed by atoms with E-state index in [9.17, 15) is 9.59 Å². The second-order valence-corrected chi connectivity index (χ2v) is 5.09. The number of carbonyl (C=O) groups is 2. The van der Waals surface area contributed by atoms with Crippen LogP contribution in [0.1, 0.15) is 19.8 Å². The fraction of sp³-hybridized carbons (Fsp3) is 0.333. The highest BCUT2D eigenvalue weighted by molar-refractivity contribution is 6.01. The van der Waals surface area contributed by atoms with Crippen molar-refractivity contribution in [2.45, 2.75) is 25.8 Å². The molecule has 1 aliphatic rings. The summed E-state index contributed by atoms with van der Waals surface area (Å²) >= 11 is 0. The average molecular weight is 284 g/mol. The van der Waals surface area contributed by atoms with E-state index in [1.807, 2.05) is 18.2 Å². The van der Waals surface area contributed by atoms with Crippen LogP contribution in [0.5, 0.6) is 0 Å². The van der Waals surface area contributed by atoms with Crippen LogP contribution in [0.25, 0.3) is 10.9 Å². The Morgan fingerprint density at radius 3 is 2.95 bits per heavy atom. The summed E-state index contributed by atoms with van der Waals surface area (Å²) in [5.41, 5.74) is 0.653. The van der Waals surface area contributed by atoms with E-state index in [1.54, 1.807) is 17.3 Å². The first kappa shape index (κ1) is 13.5. The third kappa shape index (κ3) is 2.56. The molecule has 0 spiro atoms. The molecule has 6 nitrogen and oxygen atoms in total. The van der Waals surface area contributed by atoms with Crippen LogP contribution in [0.4, 0.5) is 5.82 Å². The number of aromatic nitrogens is 2. The van der Waals surface area contributed by atoms with Crippen LogP contribution in [0.3, 0.4) is 0 Å². The number of hydrogen-bond acceptors (Lipinski definition) is 4. The van der Waals surface area contributed by atoms with Crippen molar-refractivity contribution in [3.63, 3.8) is 0 Å². The first-order valence-corrected chi connectivity index (χ1v) is 6.94. The number of anilines is 1. The maximum atomic E-state index is 12.4. The molecular formula is C15H16N4O2. The second kappa shape index (κ2) is 5.47. The van der Waals surface area contributed by atoms with Crippen molar-refractivity contribution in [3.05, 3.63) is 30.6 Å². The predicted molar refractivity (Wildman–Crippen MR) is 78.6 cm³/mol. The summed E-state index contributed by atoms with van der Waals surface area (Å²) in [5, 5.41) is 3.72. The van der Waals surface area contributed by atoms with Crippen molar-refractivity contribution >= 4 is 28.5 Å². The fourth-order valence-corrected chi connectivity index (χ4v) is 2.71. The van der Waals surface area contributed by atoms with Gasteiger partial charge >= 0.3 is 0 Å². The number of pyridine rings is 2. The van der Waals surface area contributed by atoms with E-state index >= 15 is 0 Å². The highest BCUT2D eigenvalue weighted by Crippen LogP contribution is 2.21. The molecule has 0 aromatic carbocycles. The molecule has 2 aromatic heterocycles. The molecule has 1 saturated heterocycles. The van der Waals surface area contributed by atoms with Gasteiger partial charge in [-0.1, -0.05) is 6.07 Å². The van der Waals surface area contributed by atoms with Crippen LogP contribution in [0.15, 0.2) is 30.6 Å². The molecule has 108 valence electrons. The molecule has 6 heteroatoms. The highest BCUT2D eigenvalue weighted by Gasteiger charge is 2.32. The van der Waals surface area contributed by atoms with Crippen molar-refractivity contribution in [1.29, 1.82) is 0 Å². The van der Waals surface area contributed by atoms with Gasteiger partial charge < -0.3 is 10.2 Å². The zero-order valence-electron chi connectivity index (χ0n) is 11.7. The van der Waals surface area contributed by atoms with Crippen LogP contribution >= 0.6 is 0 Å². The minimum Gasteiger partial charge on any atom is -0.331 e. The lowest BCUT2D eigenvalue weighted by Gasteiger charge is -2.22. The molecule has 0 saturated carbocycles. The number of hydrogen-bond donors (Lipinski definition) is 1. The number of likely N-dealkylation sites (tertiary alicyclic amines) is 1. The van der Waals surface area contributed by atoms with Crippen LogP contribution in [0.2, 0.25) is 0 Å². The summed E-state index contributed by atoms with van der Waals surface area (Å²) in [4.78, 5) is 34.0. The van der Waals surface area contributed by atoms with Crippen LogP contribution in [-0.4, -0.2) is 39.3 Å². The molecule has 1 aliphatic heterocycles. The SMILES string of the molecule is CC(=O)N1CCC[C@H]1C(=O)Nc1nccc2cccnc12. The molecule has 0 unspecified atom stereocenters. The van der Waals surface area contributed by atoms with Crippen molar-refractivity contribution in [1.82, 2.24) is 14.9 Å². The normalized spacial score (nSPS) is 18.0. The Hall–Kier alpha value is -2.50. The second-order valence-electron chi connectivity index (χ2n) is 5.09. The minimum atomic E-state index is -0.414. The number of nitrogens with zero attached hydrogens (tertiary/aromatic N) is 3. The van der Waals surface area contributed by atoms with Gasteiger partial charge in [0.15, 0.2) is 5.82 Å². The lowest BCUT2D eigenvalue weighted by atomic mass is 10.2. The van der Waals surface area contributed by atoms with Crippen molar-refractivity contribution in [2.24, 2.45) is 0 Å². The molecule has 3 rings (SSSR count). The lowest BCUT2D eigenvalue weighted by molar-refractivity contribution is -0.134. The van der Waals surface area contributed by atoms with Gasteiger partial charge in [-0.25, -0.2) is 4.98 Å². The van der Waals surface area contributed by atoms with Gasteiger partial charge in [-0.2, -0.15) is 0 Å². The first-order chi connectivity index (χ1) is 10.2. The molecule has 0 bridgehead atoms. The monoisotopic (exact) mass is 284 g/mol. The highest BCUT2D eigenvalue weighted by atomic mass is 16.2. The van der Waals surface area contributed by atoms with Gasteiger partial charge in [-0.15, -0.1) is 0 Å². The van der Waals surface area contributed by atoms with E-state index < -0.39 is 6.04 Å². The molecule has 0 radical (unpaired) electrons. The smallest absolute Gasteiger partial charge is 0.248 e. The van der Waals surface area contributed by atoms with E-state index in [0.29, 0.717) is 24.3 Å². The molecule has 2 aromatic rings. The molecule has 2 amide bonds. The Morgan fingerprint density at radius 1 is 1.29 bits per heavy atom. The van der Waals surface area contributed by atoms with Crippen molar-refractivity contribution in [3.8, 4) is 0 Å².